The smallest absolute Gasteiger partial charge is 0.433 e. The van der Waals surface area contributed by atoms with Crippen molar-refractivity contribution in [2.24, 2.45) is 0 Å². The van der Waals surface area contributed by atoms with Crippen molar-refractivity contribution in [3.63, 3.8) is 0 Å². The second kappa shape index (κ2) is 6.81. The van der Waals surface area contributed by atoms with Gasteiger partial charge >= 0.3 is 6.18 Å². The summed E-state index contributed by atoms with van der Waals surface area (Å²) in [6.45, 7) is 0. The Kier molecular flexibility index (Phi) is 4.44. The van der Waals surface area contributed by atoms with E-state index in [1.165, 1.54) is 19.6 Å². The van der Waals surface area contributed by atoms with Crippen molar-refractivity contribution in [2.45, 2.75) is 31.5 Å². The highest BCUT2D eigenvalue weighted by Gasteiger charge is 2.33. The number of methoxy groups -OCH3 is 1. The van der Waals surface area contributed by atoms with E-state index < -0.39 is 17.8 Å². The summed E-state index contributed by atoms with van der Waals surface area (Å²) in [4.78, 5) is 15.9. The molecule has 1 aliphatic rings. The van der Waals surface area contributed by atoms with Crippen LogP contribution in [0, 0.1) is 0 Å². The third-order valence-electron chi connectivity index (χ3n) is 4.81. The lowest BCUT2D eigenvalue weighted by molar-refractivity contribution is -0.141. The number of hydrogen-bond donors (Lipinski definition) is 1. The van der Waals surface area contributed by atoms with Gasteiger partial charge in [-0.3, -0.25) is 9.48 Å². The molecule has 6 nitrogen and oxygen atoms in total. The van der Waals surface area contributed by atoms with Crippen molar-refractivity contribution in [3.05, 3.63) is 47.9 Å². The highest BCUT2D eigenvalue weighted by Crippen LogP contribution is 2.35. The first-order valence-electron chi connectivity index (χ1n) is 8.77. The lowest BCUT2D eigenvalue weighted by Gasteiger charge is -2.25. The van der Waals surface area contributed by atoms with Crippen LogP contribution in [-0.2, 0) is 6.18 Å². The van der Waals surface area contributed by atoms with Gasteiger partial charge in [-0.1, -0.05) is 6.07 Å². The van der Waals surface area contributed by atoms with Crippen LogP contribution < -0.4 is 10.1 Å². The van der Waals surface area contributed by atoms with Gasteiger partial charge in [0.15, 0.2) is 0 Å². The van der Waals surface area contributed by atoms with Crippen molar-refractivity contribution in [3.8, 4) is 5.75 Å². The normalized spacial score (nSPS) is 14.7. The van der Waals surface area contributed by atoms with Crippen molar-refractivity contribution in [1.29, 1.82) is 0 Å². The van der Waals surface area contributed by atoms with Crippen LogP contribution >= 0.6 is 0 Å². The number of carbonyl (C=O) groups excluding carboxylic acids is 1. The maximum Gasteiger partial charge on any atom is 0.433 e. The van der Waals surface area contributed by atoms with Crippen LogP contribution in [0.3, 0.4) is 0 Å². The molecule has 1 amide bonds. The lowest BCUT2D eigenvalue weighted by atomic mass is 9.93. The number of hydrogen-bond acceptors (Lipinski definition) is 4. The Bertz CT molecular complexity index is 1040. The maximum absolute atomic E-state index is 12.8. The monoisotopic (exact) mass is 390 g/mol. The molecule has 2 heterocycles. The fourth-order valence-electron chi connectivity index (χ4n) is 3.08. The Morgan fingerprint density at radius 3 is 2.71 bits per heavy atom. The number of nitrogens with one attached hydrogen (secondary N) is 1. The molecule has 9 heteroatoms. The fourth-order valence-corrected chi connectivity index (χ4v) is 3.08. The molecule has 0 aliphatic heterocycles. The van der Waals surface area contributed by atoms with Crippen molar-refractivity contribution in [2.75, 3.05) is 12.4 Å². The van der Waals surface area contributed by atoms with Gasteiger partial charge in [0.25, 0.3) is 5.91 Å². The van der Waals surface area contributed by atoms with E-state index in [4.69, 9.17) is 4.74 Å². The summed E-state index contributed by atoms with van der Waals surface area (Å²) >= 11 is 0. The molecule has 0 unspecified atom stereocenters. The number of anilines is 1. The van der Waals surface area contributed by atoms with Crippen LogP contribution in [-0.4, -0.2) is 27.8 Å². The molecule has 28 heavy (non-hydrogen) atoms. The third-order valence-corrected chi connectivity index (χ3v) is 4.81. The van der Waals surface area contributed by atoms with Gasteiger partial charge in [0, 0.05) is 17.6 Å². The fraction of sp³-hybridized carbons (Fsp3) is 0.316. The summed E-state index contributed by atoms with van der Waals surface area (Å²) in [6, 6.07) is 6.96. The quantitative estimate of drug-likeness (QED) is 0.715. The predicted molar refractivity (Wildman–Crippen MR) is 96.4 cm³/mol. The molecule has 4 rings (SSSR count). The van der Waals surface area contributed by atoms with Gasteiger partial charge in [0.05, 0.1) is 24.4 Å². The number of benzene rings is 1. The summed E-state index contributed by atoms with van der Waals surface area (Å²) in [5, 5.41) is 7.94. The van der Waals surface area contributed by atoms with Crippen LogP contribution in [0.25, 0.3) is 10.9 Å². The molecule has 0 spiro atoms. The second-order valence-corrected chi connectivity index (χ2v) is 6.67. The molecular formula is C19H17F3N4O2. The Balaban J connectivity index is 1.64. The average molecular weight is 390 g/mol. The number of amides is 1. The highest BCUT2D eigenvalue weighted by atomic mass is 19.4. The Morgan fingerprint density at radius 1 is 1.29 bits per heavy atom. The molecule has 3 aromatic rings. The molecule has 1 fully saturated rings. The molecule has 1 aromatic carbocycles. The van der Waals surface area contributed by atoms with Gasteiger partial charge in [-0.05, 0) is 37.5 Å². The van der Waals surface area contributed by atoms with Crippen LogP contribution in [0.2, 0.25) is 0 Å². The van der Waals surface area contributed by atoms with E-state index >= 15 is 0 Å². The first kappa shape index (κ1) is 18.3. The van der Waals surface area contributed by atoms with Gasteiger partial charge in [-0.15, -0.1) is 0 Å². The van der Waals surface area contributed by atoms with E-state index in [1.54, 1.807) is 12.1 Å². The highest BCUT2D eigenvalue weighted by molar-refractivity contribution is 6.05. The van der Waals surface area contributed by atoms with Gasteiger partial charge in [0.1, 0.15) is 17.1 Å². The number of fused-ring (bicyclic) bond motifs is 1. The largest absolute Gasteiger partial charge is 0.494 e. The third kappa shape index (κ3) is 3.39. The summed E-state index contributed by atoms with van der Waals surface area (Å²) in [6.07, 6.45) is 0.612. The minimum Gasteiger partial charge on any atom is -0.494 e. The van der Waals surface area contributed by atoms with E-state index in [0.29, 0.717) is 17.5 Å². The number of rotatable bonds is 4. The van der Waals surface area contributed by atoms with E-state index in [2.05, 4.69) is 15.4 Å². The van der Waals surface area contributed by atoms with E-state index in [-0.39, 0.29) is 5.69 Å². The lowest BCUT2D eigenvalue weighted by Crippen LogP contribution is -2.17. The van der Waals surface area contributed by atoms with Gasteiger partial charge < -0.3 is 10.1 Å². The molecular weight excluding hydrogens is 373 g/mol. The number of aromatic nitrogens is 3. The van der Waals surface area contributed by atoms with E-state index in [0.717, 1.165) is 35.9 Å². The van der Waals surface area contributed by atoms with Crippen LogP contribution in [0.15, 0.2) is 36.5 Å². The van der Waals surface area contributed by atoms with Gasteiger partial charge in [0.2, 0.25) is 0 Å². The van der Waals surface area contributed by atoms with E-state index in [1.807, 2.05) is 10.9 Å². The zero-order valence-electron chi connectivity index (χ0n) is 15.0. The second-order valence-electron chi connectivity index (χ2n) is 6.67. The number of halogens is 3. The summed E-state index contributed by atoms with van der Waals surface area (Å²) in [7, 11) is 1.45. The maximum atomic E-state index is 12.8. The van der Waals surface area contributed by atoms with Gasteiger partial charge in [-0.2, -0.15) is 18.3 Å². The zero-order chi connectivity index (χ0) is 19.9. The number of ether oxygens (including phenoxy) is 1. The first-order chi connectivity index (χ1) is 13.3. The van der Waals surface area contributed by atoms with Crippen molar-refractivity contribution < 1.29 is 22.7 Å². The molecule has 146 valence electrons. The van der Waals surface area contributed by atoms with E-state index in [9.17, 15) is 18.0 Å². The Labute approximate surface area is 158 Å². The summed E-state index contributed by atoms with van der Waals surface area (Å²) < 4.78 is 45.7. The standard InChI is InChI=1S/C19H17F3N4O2/c1-28-16-9-14-11(10-26(25-14)12-4-2-5-12)8-15(16)24-18(27)13-6-3-7-17(23-13)19(20,21)22/h3,6-10,12H,2,4-5H2,1H3,(H,24,27). The number of nitrogens with zero attached hydrogens (tertiary/aromatic N) is 3. The van der Waals surface area contributed by atoms with Crippen molar-refractivity contribution in [1.82, 2.24) is 14.8 Å². The molecule has 0 saturated heterocycles. The van der Waals surface area contributed by atoms with Crippen LogP contribution in [0.1, 0.15) is 41.5 Å². The zero-order valence-corrected chi connectivity index (χ0v) is 15.0. The Morgan fingerprint density at radius 2 is 2.07 bits per heavy atom. The van der Waals surface area contributed by atoms with Crippen LogP contribution in [0.5, 0.6) is 5.75 Å². The Hall–Kier alpha value is -3.10. The molecule has 0 atom stereocenters. The first-order valence-corrected chi connectivity index (χ1v) is 8.77. The van der Waals surface area contributed by atoms with Gasteiger partial charge in [-0.25, -0.2) is 4.98 Å². The van der Waals surface area contributed by atoms with Crippen LogP contribution in [0.4, 0.5) is 18.9 Å². The molecule has 2 aromatic heterocycles. The number of alkyl halides is 3. The average Bonchev–Trinajstić information content (AvgIpc) is 3.00. The molecule has 0 radical (unpaired) electrons. The number of pyridine rings is 1. The summed E-state index contributed by atoms with van der Waals surface area (Å²) in [5.41, 5.74) is -0.391. The predicted octanol–water partition coefficient (Wildman–Crippen LogP) is 4.44. The topological polar surface area (TPSA) is 69.0 Å². The molecule has 1 aliphatic carbocycles. The SMILES string of the molecule is COc1cc2nn(C3CCC3)cc2cc1NC(=O)c1cccc(C(F)(F)F)n1. The van der Waals surface area contributed by atoms with Crippen molar-refractivity contribution >= 4 is 22.5 Å². The molecule has 1 saturated carbocycles. The molecule has 1 N–H and O–H groups in total. The number of carbonyl (C=O) groups is 1. The summed E-state index contributed by atoms with van der Waals surface area (Å²) in [5.74, 6) is -0.387. The minimum atomic E-state index is -4.62. The minimum absolute atomic E-state index is 0.331. The molecule has 0 bridgehead atoms.